The van der Waals surface area contributed by atoms with Crippen LogP contribution in [0.4, 0.5) is 0 Å². The second kappa shape index (κ2) is 6.99. The highest BCUT2D eigenvalue weighted by Crippen LogP contribution is 2.19. The van der Waals surface area contributed by atoms with Gasteiger partial charge in [-0.3, -0.25) is 4.79 Å². The lowest BCUT2D eigenvalue weighted by atomic mass is 10.1. The molecule has 1 aromatic carbocycles. The van der Waals surface area contributed by atoms with Gasteiger partial charge in [-0.1, -0.05) is 36.6 Å². The van der Waals surface area contributed by atoms with E-state index in [1.807, 2.05) is 0 Å². The van der Waals surface area contributed by atoms with E-state index in [1.165, 1.54) is 29.5 Å². The lowest BCUT2D eigenvalue weighted by Crippen LogP contribution is -2.33. The number of carbonyl (C=O) groups is 1. The first kappa shape index (κ1) is 14.4. The van der Waals surface area contributed by atoms with Crippen LogP contribution in [0.15, 0.2) is 18.2 Å². The van der Waals surface area contributed by atoms with Crippen molar-refractivity contribution in [3.05, 3.63) is 34.9 Å². The molecule has 2 nitrogen and oxygen atoms in total. The summed E-state index contributed by atoms with van der Waals surface area (Å²) in [5, 5.41) is 3.13. The van der Waals surface area contributed by atoms with E-state index in [4.69, 9.17) is 0 Å². The molecule has 0 spiro atoms. The molecule has 1 amide bonds. The topological polar surface area (TPSA) is 29.1 Å². The van der Waals surface area contributed by atoms with E-state index >= 15 is 0 Å². The molecule has 0 atom stereocenters. The van der Waals surface area contributed by atoms with E-state index in [0.717, 1.165) is 18.6 Å². The number of hydrogen-bond donors (Lipinski definition) is 1. The van der Waals surface area contributed by atoms with Crippen LogP contribution in [0.3, 0.4) is 0 Å². The highest BCUT2D eigenvalue weighted by atomic mass is 32.2. The predicted octanol–water partition coefficient (Wildman–Crippen LogP) is 3.60. The van der Waals surface area contributed by atoms with Crippen molar-refractivity contribution < 1.29 is 4.79 Å². The molecule has 0 heterocycles. The summed E-state index contributed by atoms with van der Waals surface area (Å²) in [6, 6.07) is 6.95. The molecule has 3 heteroatoms. The molecular weight excluding hydrogens is 254 g/mol. The molecule has 1 aliphatic rings. The van der Waals surface area contributed by atoms with Gasteiger partial charge >= 0.3 is 0 Å². The van der Waals surface area contributed by atoms with E-state index < -0.39 is 0 Å². The molecule has 104 valence electrons. The van der Waals surface area contributed by atoms with E-state index in [0.29, 0.717) is 11.8 Å². The zero-order valence-electron chi connectivity index (χ0n) is 11.9. The normalized spacial score (nSPS) is 15.7. The van der Waals surface area contributed by atoms with Gasteiger partial charge in [0.25, 0.3) is 0 Å². The van der Waals surface area contributed by atoms with Crippen LogP contribution in [0.5, 0.6) is 0 Å². The fourth-order valence-corrected chi connectivity index (χ4v) is 3.45. The highest BCUT2D eigenvalue weighted by molar-refractivity contribution is 7.99. The van der Waals surface area contributed by atoms with Crippen molar-refractivity contribution in [3.8, 4) is 0 Å². The van der Waals surface area contributed by atoms with Gasteiger partial charge in [-0.2, -0.15) is 0 Å². The van der Waals surface area contributed by atoms with E-state index in [1.54, 1.807) is 11.8 Å². The van der Waals surface area contributed by atoms with Gasteiger partial charge < -0.3 is 5.32 Å². The van der Waals surface area contributed by atoms with Gasteiger partial charge in [-0.05, 0) is 37.8 Å². The lowest BCUT2D eigenvalue weighted by molar-refractivity contribution is -0.119. The molecule has 19 heavy (non-hydrogen) atoms. The minimum absolute atomic E-state index is 0.196. The van der Waals surface area contributed by atoms with Crippen molar-refractivity contribution in [1.82, 2.24) is 5.32 Å². The first-order valence-corrected chi connectivity index (χ1v) is 8.24. The third-order valence-electron chi connectivity index (χ3n) is 3.72. The highest BCUT2D eigenvalue weighted by Gasteiger charge is 2.16. The van der Waals surface area contributed by atoms with Gasteiger partial charge in [0.15, 0.2) is 0 Å². The zero-order chi connectivity index (χ0) is 13.7. The van der Waals surface area contributed by atoms with E-state index in [2.05, 4.69) is 37.4 Å². The molecule has 0 unspecified atom stereocenters. The Hall–Kier alpha value is -0.960. The van der Waals surface area contributed by atoms with Gasteiger partial charge in [0.05, 0.1) is 5.75 Å². The second-order valence-electron chi connectivity index (χ2n) is 5.47. The van der Waals surface area contributed by atoms with Crippen molar-refractivity contribution in [2.24, 2.45) is 0 Å². The smallest absolute Gasteiger partial charge is 0.230 e. The Labute approximate surface area is 120 Å². The first-order chi connectivity index (χ1) is 9.15. The molecule has 1 aliphatic carbocycles. The number of carbonyl (C=O) groups excluding carboxylic acids is 1. The van der Waals surface area contributed by atoms with Crippen molar-refractivity contribution in [3.63, 3.8) is 0 Å². The minimum Gasteiger partial charge on any atom is -0.353 e. The van der Waals surface area contributed by atoms with Gasteiger partial charge in [0.1, 0.15) is 0 Å². The van der Waals surface area contributed by atoms with Crippen LogP contribution >= 0.6 is 11.8 Å². The number of amides is 1. The number of rotatable bonds is 5. The minimum atomic E-state index is 0.196. The van der Waals surface area contributed by atoms with Crippen molar-refractivity contribution >= 4 is 17.7 Å². The molecule has 0 aromatic heterocycles. The summed E-state index contributed by atoms with van der Waals surface area (Å²) in [7, 11) is 0. The fraction of sp³-hybridized carbons (Fsp3) is 0.562. The summed E-state index contributed by atoms with van der Waals surface area (Å²) in [6.45, 7) is 4.24. The number of nitrogens with one attached hydrogen (secondary N) is 1. The maximum absolute atomic E-state index is 11.8. The van der Waals surface area contributed by atoms with Crippen LogP contribution in [0.2, 0.25) is 0 Å². The number of thioether (sulfide) groups is 1. The molecule has 1 fully saturated rings. The van der Waals surface area contributed by atoms with E-state index in [9.17, 15) is 4.79 Å². The Kier molecular flexibility index (Phi) is 5.32. The molecular formula is C16H23NOS. The molecule has 0 saturated heterocycles. The van der Waals surface area contributed by atoms with Crippen LogP contribution in [-0.4, -0.2) is 17.7 Å². The Morgan fingerprint density at radius 3 is 2.79 bits per heavy atom. The molecule has 0 bridgehead atoms. The monoisotopic (exact) mass is 277 g/mol. The molecule has 1 aromatic rings. The van der Waals surface area contributed by atoms with Crippen LogP contribution in [0.25, 0.3) is 0 Å². The Bertz CT molecular complexity index is 438. The number of aryl methyl sites for hydroxylation is 2. The largest absolute Gasteiger partial charge is 0.353 e. The summed E-state index contributed by atoms with van der Waals surface area (Å²) in [5.41, 5.74) is 3.95. The van der Waals surface area contributed by atoms with Crippen LogP contribution in [0, 0.1) is 13.8 Å². The zero-order valence-corrected chi connectivity index (χ0v) is 12.7. The van der Waals surface area contributed by atoms with Crippen LogP contribution < -0.4 is 5.32 Å². The second-order valence-corrected chi connectivity index (χ2v) is 6.46. The summed E-state index contributed by atoms with van der Waals surface area (Å²) < 4.78 is 0. The maximum atomic E-state index is 11.8. The van der Waals surface area contributed by atoms with Crippen LogP contribution in [0.1, 0.15) is 42.4 Å². The summed E-state index contributed by atoms with van der Waals surface area (Å²) in [5.74, 6) is 1.69. The lowest BCUT2D eigenvalue weighted by Gasteiger charge is -2.12. The standard InChI is InChI=1S/C16H23NOS/c1-12-7-8-13(2)14(9-12)10-19-11-16(18)17-15-5-3-4-6-15/h7-9,15H,3-6,10-11H2,1-2H3,(H,17,18). The Balaban J connectivity index is 1.73. The van der Waals surface area contributed by atoms with Gasteiger partial charge in [0.2, 0.25) is 5.91 Å². The van der Waals surface area contributed by atoms with Crippen molar-refractivity contribution in [1.29, 1.82) is 0 Å². The molecule has 0 aliphatic heterocycles. The van der Waals surface area contributed by atoms with Gasteiger partial charge in [0, 0.05) is 11.8 Å². The molecule has 0 radical (unpaired) electrons. The van der Waals surface area contributed by atoms with Gasteiger partial charge in [-0.25, -0.2) is 0 Å². The molecule has 2 rings (SSSR count). The quantitative estimate of drug-likeness (QED) is 0.891. The Morgan fingerprint density at radius 1 is 1.32 bits per heavy atom. The maximum Gasteiger partial charge on any atom is 0.230 e. The third-order valence-corrected chi connectivity index (χ3v) is 4.70. The molecule has 1 N–H and O–H groups in total. The third kappa shape index (κ3) is 4.57. The SMILES string of the molecule is Cc1ccc(C)c(CSCC(=O)NC2CCCC2)c1. The number of benzene rings is 1. The summed E-state index contributed by atoms with van der Waals surface area (Å²) in [4.78, 5) is 11.8. The molecule has 1 saturated carbocycles. The van der Waals surface area contributed by atoms with E-state index in [-0.39, 0.29) is 5.91 Å². The predicted molar refractivity (Wildman–Crippen MR) is 82.5 cm³/mol. The average Bonchev–Trinajstić information content (AvgIpc) is 2.86. The number of hydrogen-bond acceptors (Lipinski definition) is 2. The Morgan fingerprint density at radius 2 is 2.05 bits per heavy atom. The average molecular weight is 277 g/mol. The summed E-state index contributed by atoms with van der Waals surface area (Å²) in [6.07, 6.45) is 4.85. The summed E-state index contributed by atoms with van der Waals surface area (Å²) >= 11 is 1.71. The fourth-order valence-electron chi connectivity index (χ4n) is 2.55. The van der Waals surface area contributed by atoms with Crippen LogP contribution in [-0.2, 0) is 10.5 Å². The first-order valence-electron chi connectivity index (χ1n) is 7.08. The van der Waals surface area contributed by atoms with Crippen molar-refractivity contribution in [2.45, 2.75) is 51.3 Å². The van der Waals surface area contributed by atoms with Gasteiger partial charge in [-0.15, -0.1) is 11.8 Å². The van der Waals surface area contributed by atoms with Crippen molar-refractivity contribution in [2.75, 3.05) is 5.75 Å².